The molecule has 2 aliphatic heterocycles. The van der Waals surface area contributed by atoms with Gasteiger partial charge in [0, 0.05) is 49.1 Å². The zero-order valence-corrected chi connectivity index (χ0v) is 17.7. The molecular formula is C21H27N3O2S2. The number of nitrogens with zero attached hydrogens (tertiary/aromatic N) is 2. The van der Waals surface area contributed by atoms with Crippen LogP contribution in [0, 0.1) is 0 Å². The number of thiophene rings is 1. The molecule has 150 valence electrons. The van der Waals surface area contributed by atoms with Crippen LogP contribution in [0.25, 0.3) is 5.00 Å². The molecule has 4 rings (SSSR count). The van der Waals surface area contributed by atoms with Gasteiger partial charge in [-0.15, -0.1) is 11.3 Å². The minimum Gasteiger partial charge on any atom is -0.351 e. The number of aromatic nitrogens is 1. The predicted octanol–water partition coefficient (Wildman–Crippen LogP) is 3.85. The summed E-state index contributed by atoms with van der Waals surface area (Å²) in [5.74, 6) is 2.16. The Hall–Kier alpha value is -1.73. The van der Waals surface area contributed by atoms with Crippen LogP contribution in [0.1, 0.15) is 52.9 Å². The Labute approximate surface area is 174 Å². The first-order valence-electron chi connectivity index (χ1n) is 10.2. The van der Waals surface area contributed by atoms with Crippen molar-refractivity contribution < 1.29 is 9.59 Å². The van der Waals surface area contributed by atoms with E-state index >= 15 is 0 Å². The van der Waals surface area contributed by atoms with Gasteiger partial charge in [-0.3, -0.25) is 9.59 Å². The maximum atomic E-state index is 13.1. The molecule has 0 aliphatic carbocycles. The van der Waals surface area contributed by atoms with Gasteiger partial charge in [0.15, 0.2) is 0 Å². The largest absolute Gasteiger partial charge is 0.351 e. The third kappa shape index (κ3) is 4.30. The highest BCUT2D eigenvalue weighted by Crippen LogP contribution is 2.38. The second-order valence-corrected chi connectivity index (χ2v) is 9.57. The van der Waals surface area contributed by atoms with Crippen LogP contribution in [-0.4, -0.2) is 46.7 Å². The summed E-state index contributed by atoms with van der Waals surface area (Å²) < 4.78 is 2.03. The van der Waals surface area contributed by atoms with Crippen molar-refractivity contribution in [3.8, 4) is 5.00 Å². The van der Waals surface area contributed by atoms with E-state index in [1.165, 1.54) is 23.3 Å². The standard InChI is InChI=1S/C21H27N3O2S2/c25-18(23-10-3-1-2-4-11-23)7-9-22-20(26)19-16-8-14-27-15-17(16)28-21(19)24-12-5-6-13-24/h5-6,12-13H,1-4,7-11,14-15H2,(H,22,26). The quantitative estimate of drug-likeness (QED) is 0.804. The first-order chi connectivity index (χ1) is 13.7. The number of likely N-dealkylation sites (tertiary alicyclic amines) is 1. The first-order valence-corrected chi connectivity index (χ1v) is 12.1. The van der Waals surface area contributed by atoms with Crippen LogP contribution in [0.2, 0.25) is 0 Å². The fourth-order valence-corrected chi connectivity index (χ4v) is 6.40. The summed E-state index contributed by atoms with van der Waals surface area (Å²) in [5.41, 5.74) is 2.00. The maximum absolute atomic E-state index is 13.1. The van der Waals surface area contributed by atoms with Crippen molar-refractivity contribution in [1.82, 2.24) is 14.8 Å². The van der Waals surface area contributed by atoms with Crippen molar-refractivity contribution in [2.75, 3.05) is 25.4 Å². The number of nitrogens with one attached hydrogen (secondary N) is 1. The summed E-state index contributed by atoms with van der Waals surface area (Å²) in [7, 11) is 0. The molecule has 4 heterocycles. The molecule has 0 saturated carbocycles. The van der Waals surface area contributed by atoms with Crippen molar-refractivity contribution in [3.63, 3.8) is 0 Å². The number of hydrogen-bond acceptors (Lipinski definition) is 4. The first kappa shape index (κ1) is 19.6. The summed E-state index contributed by atoms with van der Waals surface area (Å²) in [6.07, 6.45) is 9.91. The van der Waals surface area contributed by atoms with Crippen LogP contribution in [0.3, 0.4) is 0 Å². The van der Waals surface area contributed by atoms with E-state index in [4.69, 9.17) is 0 Å². The third-order valence-electron chi connectivity index (χ3n) is 5.45. The van der Waals surface area contributed by atoms with E-state index < -0.39 is 0 Å². The number of carbonyl (C=O) groups excluding carboxylic acids is 2. The van der Waals surface area contributed by atoms with Crippen molar-refractivity contribution >= 4 is 34.9 Å². The molecule has 5 nitrogen and oxygen atoms in total. The van der Waals surface area contributed by atoms with Crippen molar-refractivity contribution in [2.24, 2.45) is 0 Å². The van der Waals surface area contributed by atoms with Crippen LogP contribution in [0.15, 0.2) is 24.5 Å². The smallest absolute Gasteiger partial charge is 0.254 e. The Morgan fingerprint density at radius 1 is 1.07 bits per heavy atom. The van der Waals surface area contributed by atoms with E-state index in [9.17, 15) is 9.59 Å². The highest BCUT2D eigenvalue weighted by atomic mass is 32.2. The van der Waals surface area contributed by atoms with Gasteiger partial charge in [-0.2, -0.15) is 11.8 Å². The molecule has 2 aliphatic rings. The Bertz CT molecular complexity index is 821. The summed E-state index contributed by atoms with van der Waals surface area (Å²) in [4.78, 5) is 28.8. The van der Waals surface area contributed by atoms with Gasteiger partial charge in [-0.25, -0.2) is 0 Å². The minimum absolute atomic E-state index is 0.0447. The molecule has 1 N–H and O–H groups in total. The molecule has 2 amide bonds. The summed E-state index contributed by atoms with van der Waals surface area (Å²) in [6.45, 7) is 2.12. The zero-order chi connectivity index (χ0) is 19.3. The number of rotatable bonds is 5. The normalized spacial score (nSPS) is 17.1. The zero-order valence-electron chi connectivity index (χ0n) is 16.1. The Morgan fingerprint density at radius 2 is 1.82 bits per heavy atom. The molecule has 0 bridgehead atoms. The van der Waals surface area contributed by atoms with E-state index in [2.05, 4.69) is 5.32 Å². The molecule has 2 aromatic rings. The lowest BCUT2D eigenvalue weighted by molar-refractivity contribution is -0.131. The van der Waals surface area contributed by atoms with Gasteiger partial charge < -0.3 is 14.8 Å². The van der Waals surface area contributed by atoms with Gasteiger partial charge in [0.2, 0.25) is 5.91 Å². The highest BCUT2D eigenvalue weighted by molar-refractivity contribution is 7.98. The molecule has 1 saturated heterocycles. The minimum atomic E-state index is -0.0447. The fourth-order valence-electron chi connectivity index (χ4n) is 3.95. The summed E-state index contributed by atoms with van der Waals surface area (Å²) >= 11 is 3.65. The second kappa shape index (κ2) is 9.18. The van der Waals surface area contributed by atoms with Gasteiger partial charge >= 0.3 is 0 Å². The lowest BCUT2D eigenvalue weighted by Crippen LogP contribution is -2.35. The summed E-state index contributed by atoms with van der Waals surface area (Å²) in [6, 6.07) is 3.96. The Balaban J connectivity index is 1.43. The van der Waals surface area contributed by atoms with E-state index in [0.29, 0.717) is 13.0 Å². The molecule has 0 unspecified atom stereocenters. The van der Waals surface area contributed by atoms with Gasteiger partial charge in [-0.1, -0.05) is 12.8 Å². The van der Waals surface area contributed by atoms with Gasteiger partial charge in [0.1, 0.15) is 5.00 Å². The van der Waals surface area contributed by atoms with Crippen LogP contribution in [0.4, 0.5) is 0 Å². The van der Waals surface area contributed by atoms with E-state index in [1.807, 2.05) is 45.8 Å². The molecule has 0 spiro atoms. The number of hydrogen-bond donors (Lipinski definition) is 1. The topological polar surface area (TPSA) is 54.3 Å². The van der Waals surface area contributed by atoms with E-state index in [0.717, 1.165) is 54.4 Å². The Kier molecular flexibility index (Phi) is 6.42. The van der Waals surface area contributed by atoms with Crippen molar-refractivity contribution in [1.29, 1.82) is 0 Å². The fraction of sp³-hybridized carbons (Fsp3) is 0.524. The molecular weight excluding hydrogens is 390 g/mol. The average molecular weight is 418 g/mol. The summed E-state index contributed by atoms with van der Waals surface area (Å²) in [5, 5.41) is 4.02. The van der Waals surface area contributed by atoms with Crippen LogP contribution >= 0.6 is 23.1 Å². The van der Waals surface area contributed by atoms with Crippen molar-refractivity contribution in [2.45, 2.75) is 44.3 Å². The number of thioether (sulfide) groups is 1. The molecule has 0 aromatic carbocycles. The number of fused-ring (bicyclic) bond motifs is 1. The SMILES string of the molecule is O=C(NCCC(=O)N1CCCCCC1)c1c(-n2cccc2)sc2c1CCSC2. The predicted molar refractivity (Wildman–Crippen MR) is 116 cm³/mol. The van der Waals surface area contributed by atoms with Gasteiger partial charge in [0.25, 0.3) is 5.91 Å². The van der Waals surface area contributed by atoms with Crippen molar-refractivity contribution in [3.05, 3.63) is 40.5 Å². The highest BCUT2D eigenvalue weighted by Gasteiger charge is 2.26. The third-order valence-corrected chi connectivity index (χ3v) is 7.86. The molecule has 0 radical (unpaired) electrons. The molecule has 1 fully saturated rings. The molecule has 2 aromatic heterocycles. The van der Waals surface area contributed by atoms with Crippen LogP contribution < -0.4 is 5.32 Å². The van der Waals surface area contributed by atoms with E-state index in [1.54, 1.807) is 11.3 Å². The van der Waals surface area contributed by atoms with Gasteiger partial charge in [0.05, 0.1) is 5.56 Å². The monoisotopic (exact) mass is 417 g/mol. The van der Waals surface area contributed by atoms with Gasteiger partial charge in [-0.05, 0) is 42.7 Å². The molecule has 7 heteroatoms. The maximum Gasteiger partial charge on any atom is 0.254 e. The number of amides is 2. The van der Waals surface area contributed by atoms with Crippen LogP contribution in [-0.2, 0) is 17.0 Å². The lowest BCUT2D eigenvalue weighted by atomic mass is 10.1. The van der Waals surface area contributed by atoms with E-state index in [-0.39, 0.29) is 11.8 Å². The van der Waals surface area contributed by atoms with Crippen LogP contribution in [0.5, 0.6) is 0 Å². The number of carbonyl (C=O) groups is 2. The average Bonchev–Trinajstić information content (AvgIpc) is 3.28. The second-order valence-electron chi connectivity index (χ2n) is 7.38. The molecule has 28 heavy (non-hydrogen) atoms. The lowest BCUT2D eigenvalue weighted by Gasteiger charge is -2.20. The molecule has 0 atom stereocenters. The Morgan fingerprint density at radius 3 is 2.57 bits per heavy atom.